The van der Waals surface area contributed by atoms with E-state index in [2.05, 4.69) is 31.4 Å². The van der Waals surface area contributed by atoms with Gasteiger partial charge in [-0.3, -0.25) is 4.79 Å². The molecule has 2 rings (SSSR count). The number of carbonyl (C=O) groups excluding carboxylic acids is 2. The number of nitrogens with one attached hydrogen (secondary N) is 2. The second-order valence-electron chi connectivity index (χ2n) is 6.42. The first kappa shape index (κ1) is 17.9. The van der Waals surface area contributed by atoms with E-state index in [1.165, 1.54) is 16.2 Å². The molecule has 1 aliphatic rings. The van der Waals surface area contributed by atoms with Crippen LogP contribution in [0.15, 0.2) is 0 Å². The van der Waals surface area contributed by atoms with Gasteiger partial charge < -0.3 is 15.4 Å². The lowest BCUT2D eigenvalue weighted by Crippen LogP contribution is -2.43. The minimum atomic E-state index is -0.330. The van der Waals surface area contributed by atoms with E-state index in [1.807, 2.05) is 0 Å². The molecule has 6 heteroatoms. The summed E-state index contributed by atoms with van der Waals surface area (Å²) in [4.78, 5) is 25.7. The second kappa shape index (κ2) is 7.45. The summed E-state index contributed by atoms with van der Waals surface area (Å²) < 4.78 is 5.17. The minimum Gasteiger partial charge on any atom is -0.462 e. The van der Waals surface area contributed by atoms with Crippen LogP contribution >= 0.6 is 11.3 Å². The van der Waals surface area contributed by atoms with E-state index in [1.54, 1.807) is 6.92 Å². The summed E-state index contributed by atoms with van der Waals surface area (Å²) in [5, 5.41) is 6.75. The average Bonchev–Trinajstić information content (AvgIpc) is 3.05. The fraction of sp³-hybridized carbons (Fsp3) is 0.647. The van der Waals surface area contributed by atoms with Gasteiger partial charge in [0.05, 0.1) is 18.7 Å². The molecule has 0 bridgehead atoms. The van der Waals surface area contributed by atoms with E-state index in [0.717, 1.165) is 31.2 Å². The summed E-state index contributed by atoms with van der Waals surface area (Å²) in [6, 6.07) is 0. The standard InChI is InChI=1S/C17H26N2O3S/c1-5-17(3,4)18-10-13(20)19-15-14(16(21)22-6-2)11-8-7-9-12(11)23-15/h18H,5-10H2,1-4H3,(H,19,20). The van der Waals surface area contributed by atoms with Gasteiger partial charge in [0.1, 0.15) is 5.00 Å². The maximum absolute atomic E-state index is 12.2. The van der Waals surface area contributed by atoms with Gasteiger partial charge in [0.2, 0.25) is 5.91 Å². The van der Waals surface area contributed by atoms with Crippen LogP contribution in [0.25, 0.3) is 0 Å². The topological polar surface area (TPSA) is 67.4 Å². The zero-order valence-corrected chi connectivity index (χ0v) is 15.2. The highest BCUT2D eigenvalue weighted by atomic mass is 32.1. The predicted molar refractivity (Wildman–Crippen MR) is 93.3 cm³/mol. The lowest BCUT2D eigenvalue weighted by atomic mass is 10.0. The van der Waals surface area contributed by atoms with E-state index in [4.69, 9.17) is 4.74 Å². The summed E-state index contributed by atoms with van der Waals surface area (Å²) in [7, 11) is 0. The van der Waals surface area contributed by atoms with Crippen LogP contribution in [0.1, 0.15) is 61.3 Å². The molecule has 0 unspecified atom stereocenters. The Morgan fingerprint density at radius 3 is 2.65 bits per heavy atom. The van der Waals surface area contributed by atoms with Crippen molar-refractivity contribution in [3.8, 4) is 0 Å². The molecule has 0 radical (unpaired) electrons. The van der Waals surface area contributed by atoms with Gasteiger partial charge in [0.25, 0.3) is 0 Å². The minimum absolute atomic E-state index is 0.0848. The third-order valence-corrected chi connectivity index (χ3v) is 5.47. The number of aryl methyl sites for hydroxylation is 1. The molecule has 23 heavy (non-hydrogen) atoms. The zero-order valence-electron chi connectivity index (χ0n) is 14.4. The lowest BCUT2D eigenvalue weighted by Gasteiger charge is -2.24. The van der Waals surface area contributed by atoms with Crippen molar-refractivity contribution in [2.24, 2.45) is 0 Å². The fourth-order valence-corrected chi connectivity index (χ4v) is 3.82. The molecule has 0 atom stereocenters. The Hall–Kier alpha value is -1.40. The molecule has 1 aromatic rings. The van der Waals surface area contributed by atoms with E-state index in [0.29, 0.717) is 17.2 Å². The van der Waals surface area contributed by atoms with E-state index >= 15 is 0 Å². The van der Waals surface area contributed by atoms with Crippen LogP contribution in [0.4, 0.5) is 5.00 Å². The number of thiophene rings is 1. The Kier molecular flexibility index (Phi) is 5.81. The summed E-state index contributed by atoms with van der Waals surface area (Å²) in [6.45, 7) is 8.55. The van der Waals surface area contributed by atoms with Crippen molar-refractivity contribution in [2.75, 3.05) is 18.5 Å². The first-order valence-corrected chi connectivity index (χ1v) is 9.06. The smallest absolute Gasteiger partial charge is 0.341 e. The van der Waals surface area contributed by atoms with Crippen LogP contribution in [0, 0.1) is 0 Å². The summed E-state index contributed by atoms with van der Waals surface area (Å²) in [5.41, 5.74) is 1.54. The molecule has 2 N–H and O–H groups in total. The quantitative estimate of drug-likeness (QED) is 0.750. The Balaban J connectivity index is 2.10. The van der Waals surface area contributed by atoms with Crippen LogP contribution in [-0.4, -0.2) is 30.6 Å². The Morgan fingerprint density at radius 1 is 1.26 bits per heavy atom. The van der Waals surface area contributed by atoms with Gasteiger partial charge in [-0.05, 0) is 52.0 Å². The highest BCUT2D eigenvalue weighted by molar-refractivity contribution is 7.17. The van der Waals surface area contributed by atoms with Gasteiger partial charge in [0.15, 0.2) is 0 Å². The van der Waals surface area contributed by atoms with Crippen LogP contribution in [0.5, 0.6) is 0 Å². The number of ether oxygens (including phenoxy) is 1. The molecule has 0 fully saturated rings. The number of amides is 1. The molecular weight excluding hydrogens is 312 g/mol. The largest absolute Gasteiger partial charge is 0.462 e. The molecule has 0 spiro atoms. The summed E-state index contributed by atoms with van der Waals surface area (Å²) >= 11 is 1.51. The van der Waals surface area contributed by atoms with Gasteiger partial charge >= 0.3 is 5.97 Å². The first-order chi connectivity index (χ1) is 10.9. The van der Waals surface area contributed by atoms with Crippen molar-refractivity contribution in [1.82, 2.24) is 5.32 Å². The SMILES string of the molecule is CCOC(=O)c1c(NC(=O)CNC(C)(C)CC)sc2c1CCC2. The lowest BCUT2D eigenvalue weighted by molar-refractivity contribution is -0.115. The van der Waals surface area contributed by atoms with Gasteiger partial charge in [-0.1, -0.05) is 6.92 Å². The highest BCUT2D eigenvalue weighted by Crippen LogP contribution is 2.39. The van der Waals surface area contributed by atoms with Crippen LogP contribution < -0.4 is 10.6 Å². The first-order valence-electron chi connectivity index (χ1n) is 8.24. The van der Waals surface area contributed by atoms with E-state index in [-0.39, 0.29) is 24.0 Å². The molecule has 0 aromatic carbocycles. The predicted octanol–water partition coefficient (Wildman–Crippen LogP) is 3.13. The van der Waals surface area contributed by atoms with Gasteiger partial charge in [-0.25, -0.2) is 4.79 Å². The van der Waals surface area contributed by atoms with Crippen LogP contribution in [0.2, 0.25) is 0 Å². The monoisotopic (exact) mass is 338 g/mol. The maximum Gasteiger partial charge on any atom is 0.341 e. The zero-order chi connectivity index (χ0) is 17.0. The maximum atomic E-state index is 12.2. The number of fused-ring (bicyclic) bond motifs is 1. The molecule has 1 heterocycles. The third-order valence-electron chi connectivity index (χ3n) is 4.27. The molecule has 5 nitrogen and oxygen atoms in total. The summed E-state index contributed by atoms with van der Waals surface area (Å²) in [6.07, 6.45) is 3.86. The Morgan fingerprint density at radius 2 is 2.00 bits per heavy atom. The average molecular weight is 338 g/mol. The number of rotatable bonds is 7. The van der Waals surface area contributed by atoms with Gasteiger partial charge in [-0.15, -0.1) is 11.3 Å². The summed E-state index contributed by atoms with van der Waals surface area (Å²) in [5.74, 6) is -0.457. The molecule has 1 amide bonds. The van der Waals surface area contributed by atoms with Crippen LogP contribution in [0.3, 0.4) is 0 Å². The fourth-order valence-electron chi connectivity index (χ4n) is 2.53. The number of anilines is 1. The van der Waals surface area contributed by atoms with Crippen molar-refractivity contribution in [1.29, 1.82) is 0 Å². The molecule has 128 valence electrons. The molecule has 1 aromatic heterocycles. The number of hydrogen-bond acceptors (Lipinski definition) is 5. The molecular formula is C17H26N2O3S. The molecule has 0 saturated carbocycles. The van der Waals surface area contributed by atoms with Crippen molar-refractivity contribution in [3.05, 3.63) is 16.0 Å². The molecule has 0 aliphatic heterocycles. The second-order valence-corrected chi connectivity index (χ2v) is 7.53. The third kappa shape index (κ3) is 4.32. The number of hydrogen-bond donors (Lipinski definition) is 2. The molecule has 0 saturated heterocycles. The van der Waals surface area contributed by atoms with E-state index < -0.39 is 0 Å². The van der Waals surface area contributed by atoms with Crippen molar-refractivity contribution >= 4 is 28.2 Å². The van der Waals surface area contributed by atoms with Gasteiger partial charge in [0, 0.05) is 10.4 Å². The Bertz CT molecular complexity index is 593. The van der Waals surface area contributed by atoms with Crippen molar-refractivity contribution in [3.63, 3.8) is 0 Å². The Labute approximate surface area is 141 Å². The van der Waals surface area contributed by atoms with Crippen molar-refractivity contribution < 1.29 is 14.3 Å². The highest BCUT2D eigenvalue weighted by Gasteiger charge is 2.28. The number of carbonyl (C=O) groups is 2. The van der Waals surface area contributed by atoms with Crippen molar-refractivity contribution in [2.45, 2.75) is 58.9 Å². The molecule has 1 aliphatic carbocycles. The van der Waals surface area contributed by atoms with E-state index in [9.17, 15) is 9.59 Å². The van der Waals surface area contributed by atoms with Gasteiger partial charge in [-0.2, -0.15) is 0 Å². The number of esters is 1. The van der Waals surface area contributed by atoms with Crippen LogP contribution in [-0.2, 0) is 22.4 Å². The normalized spacial score (nSPS) is 13.7.